The largest absolute Gasteiger partial charge is 0.507 e. The number of aryl methyl sites for hydroxylation is 1. The van der Waals surface area contributed by atoms with E-state index in [1.165, 1.54) is 0 Å². The van der Waals surface area contributed by atoms with Crippen LogP contribution >= 0.6 is 0 Å². The highest BCUT2D eigenvalue weighted by Gasteiger charge is 2.46. The number of carbonyl (C=O) groups is 2. The Kier molecular flexibility index (Phi) is 6.81. The fourth-order valence-corrected chi connectivity index (χ4v) is 4.35. The second-order valence-corrected chi connectivity index (χ2v) is 8.80. The van der Waals surface area contributed by atoms with Crippen LogP contribution in [0.5, 0.6) is 0 Å². The molecule has 33 heavy (non-hydrogen) atoms. The van der Waals surface area contributed by atoms with Gasteiger partial charge in [-0.25, -0.2) is 0 Å². The molecular weight excluding hydrogens is 418 g/mol. The van der Waals surface area contributed by atoms with Crippen molar-refractivity contribution in [2.45, 2.75) is 13.0 Å². The Bertz CT molecular complexity index is 1040. The number of rotatable bonds is 6. The number of carbonyl (C=O) groups excluding carboxylic acids is 2. The monoisotopic (exact) mass is 449 g/mol. The molecule has 0 bridgehead atoms. The van der Waals surface area contributed by atoms with Crippen molar-refractivity contribution in [1.29, 1.82) is 0 Å². The van der Waals surface area contributed by atoms with Crippen LogP contribution in [-0.2, 0) is 14.3 Å². The first kappa shape index (κ1) is 23.0. The molecule has 174 valence electrons. The number of amides is 1. The lowest BCUT2D eigenvalue weighted by Gasteiger charge is -2.31. The summed E-state index contributed by atoms with van der Waals surface area (Å²) >= 11 is 0. The van der Waals surface area contributed by atoms with Crippen molar-refractivity contribution in [2.75, 3.05) is 58.4 Å². The van der Waals surface area contributed by atoms with Gasteiger partial charge >= 0.3 is 0 Å². The van der Waals surface area contributed by atoms with Gasteiger partial charge in [0.2, 0.25) is 0 Å². The van der Waals surface area contributed by atoms with E-state index < -0.39 is 17.7 Å². The van der Waals surface area contributed by atoms with Crippen molar-refractivity contribution in [3.8, 4) is 0 Å². The molecular formula is C26H31N3O4. The lowest BCUT2D eigenvalue weighted by molar-refractivity contribution is -0.140. The fraction of sp³-hybridized carbons (Fsp3) is 0.385. The molecule has 0 spiro atoms. The molecule has 1 amide bonds. The van der Waals surface area contributed by atoms with Crippen LogP contribution in [0.2, 0.25) is 0 Å². The molecule has 4 rings (SSSR count). The van der Waals surface area contributed by atoms with Gasteiger partial charge in [-0.3, -0.25) is 14.5 Å². The molecule has 0 radical (unpaired) electrons. The summed E-state index contributed by atoms with van der Waals surface area (Å²) in [7, 11) is 3.92. The van der Waals surface area contributed by atoms with Crippen LogP contribution in [0.4, 0.5) is 5.69 Å². The van der Waals surface area contributed by atoms with Crippen LogP contribution in [0.1, 0.15) is 22.7 Å². The SMILES string of the molecule is Cc1ccc(C(O)=C2C(=O)C(=O)N(CCN3CCOCC3)[C@@H]2c2ccc(N(C)C)cc2)cc1. The van der Waals surface area contributed by atoms with Crippen molar-refractivity contribution in [2.24, 2.45) is 0 Å². The van der Waals surface area contributed by atoms with Gasteiger partial charge in [0, 0.05) is 51.5 Å². The molecule has 1 N–H and O–H groups in total. The molecule has 2 aliphatic heterocycles. The van der Waals surface area contributed by atoms with E-state index >= 15 is 0 Å². The maximum atomic E-state index is 13.2. The summed E-state index contributed by atoms with van der Waals surface area (Å²) < 4.78 is 5.42. The van der Waals surface area contributed by atoms with E-state index in [0.717, 1.165) is 29.9 Å². The number of aliphatic hydroxyl groups excluding tert-OH is 1. The van der Waals surface area contributed by atoms with Crippen molar-refractivity contribution in [3.63, 3.8) is 0 Å². The summed E-state index contributed by atoms with van der Waals surface area (Å²) in [4.78, 5) is 32.1. The molecule has 7 heteroatoms. The van der Waals surface area contributed by atoms with E-state index in [2.05, 4.69) is 4.90 Å². The Morgan fingerprint density at radius 3 is 2.24 bits per heavy atom. The van der Waals surface area contributed by atoms with Gasteiger partial charge in [0.15, 0.2) is 0 Å². The quantitative estimate of drug-likeness (QED) is 0.415. The number of aliphatic hydroxyl groups is 1. The Balaban J connectivity index is 1.73. The molecule has 0 aliphatic carbocycles. The third kappa shape index (κ3) is 4.79. The van der Waals surface area contributed by atoms with E-state index in [1.54, 1.807) is 17.0 Å². The number of likely N-dealkylation sites (tertiary alicyclic amines) is 1. The average Bonchev–Trinajstić information content (AvgIpc) is 3.08. The van der Waals surface area contributed by atoms with Gasteiger partial charge in [-0.2, -0.15) is 0 Å². The zero-order chi connectivity index (χ0) is 23.5. The van der Waals surface area contributed by atoms with Gasteiger partial charge in [-0.15, -0.1) is 0 Å². The zero-order valence-corrected chi connectivity index (χ0v) is 19.5. The topological polar surface area (TPSA) is 73.3 Å². The van der Waals surface area contributed by atoms with Crippen molar-refractivity contribution >= 4 is 23.1 Å². The number of anilines is 1. The summed E-state index contributed by atoms with van der Waals surface area (Å²) in [6.45, 7) is 5.94. The molecule has 2 fully saturated rings. The molecule has 2 aromatic rings. The Morgan fingerprint density at radius 1 is 1.00 bits per heavy atom. The van der Waals surface area contributed by atoms with Crippen LogP contribution in [0, 0.1) is 6.92 Å². The third-order valence-corrected chi connectivity index (χ3v) is 6.35. The van der Waals surface area contributed by atoms with Gasteiger partial charge < -0.3 is 19.6 Å². The number of ketones is 1. The number of hydrogen-bond donors (Lipinski definition) is 1. The Hall–Kier alpha value is -3.16. The van der Waals surface area contributed by atoms with Gasteiger partial charge in [-0.05, 0) is 24.6 Å². The second-order valence-electron chi connectivity index (χ2n) is 8.80. The molecule has 2 heterocycles. The number of ether oxygens (including phenoxy) is 1. The summed E-state index contributed by atoms with van der Waals surface area (Å²) in [5.74, 6) is -1.35. The summed E-state index contributed by atoms with van der Waals surface area (Å²) in [5, 5.41) is 11.2. The van der Waals surface area contributed by atoms with Crippen LogP contribution in [-0.4, -0.2) is 80.1 Å². The van der Waals surface area contributed by atoms with E-state index in [0.29, 0.717) is 31.9 Å². The predicted octanol–water partition coefficient (Wildman–Crippen LogP) is 2.81. The van der Waals surface area contributed by atoms with E-state index in [4.69, 9.17) is 4.74 Å². The van der Waals surface area contributed by atoms with Gasteiger partial charge in [-0.1, -0.05) is 42.0 Å². The van der Waals surface area contributed by atoms with E-state index in [-0.39, 0.29) is 11.3 Å². The number of nitrogens with zero attached hydrogens (tertiary/aromatic N) is 3. The maximum Gasteiger partial charge on any atom is 0.295 e. The number of morpholine rings is 1. The Morgan fingerprint density at radius 2 is 1.64 bits per heavy atom. The molecule has 2 saturated heterocycles. The molecule has 0 unspecified atom stereocenters. The minimum atomic E-state index is -0.642. The number of hydrogen-bond acceptors (Lipinski definition) is 6. The Labute approximate surface area is 194 Å². The maximum absolute atomic E-state index is 13.2. The summed E-state index contributed by atoms with van der Waals surface area (Å²) in [6, 6.07) is 14.5. The van der Waals surface area contributed by atoms with Gasteiger partial charge in [0.05, 0.1) is 24.8 Å². The fourth-order valence-electron chi connectivity index (χ4n) is 4.35. The average molecular weight is 450 g/mol. The van der Waals surface area contributed by atoms with Crippen molar-refractivity contribution in [3.05, 3.63) is 70.8 Å². The predicted molar refractivity (Wildman–Crippen MR) is 128 cm³/mol. The summed E-state index contributed by atoms with van der Waals surface area (Å²) in [6.07, 6.45) is 0. The third-order valence-electron chi connectivity index (χ3n) is 6.35. The summed E-state index contributed by atoms with van der Waals surface area (Å²) in [5.41, 5.74) is 3.54. The molecule has 2 aliphatic rings. The minimum absolute atomic E-state index is 0.135. The van der Waals surface area contributed by atoms with Crippen LogP contribution in [0.25, 0.3) is 5.76 Å². The molecule has 1 atom stereocenters. The molecule has 0 saturated carbocycles. The second kappa shape index (κ2) is 9.77. The highest BCUT2D eigenvalue weighted by atomic mass is 16.5. The molecule has 0 aromatic heterocycles. The van der Waals surface area contributed by atoms with Gasteiger partial charge in [0.1, 0.15) is 5.76 Å². The zero-order valence-electron chi connectivity index (χ0n) is 19.5. The first-order valence-electron chi connectivity index (χ1n) is 11.3. The number of benzene rings is 2. The molecule has 7 nitrogen and oxygen atoms in total. The van der Waals surface area contributed by atoms with Crippen molar-refractivity contribution in [1.82, 2.24) is 9.80 Å². The van der Waals surface area contributed by atoms with Crippen molar-refractivity contribution < 1.29 is 19.4 Å². The van der Waals surface area contributed by atoms with Crippen LogP contribution < -0.4 is 4.90 Å². The van der Waals surface area contributed by atoms with Crippen LogP contribution in [0.3, 0.4) is 0 Å². The first-order chi connectivity index (χ1) is 15.9. The first-order valence-corrected chi connectivity index (χ1v) is 11.3. The normalized spacial score (nSPS) is 20.9. The van der Waals surface area contributed by atoms with Gasteiger partial charge in [0.25, 0.3) is 11.7 Å². The molecule has 2 aromatic carbocycles. The van der Waals surface area contributed by atoms with E-state index in [1.807, 2.05) is 62.3 Å². The van der Waals surface area contributed by atoms with Crippen LogP contribution in [0.15, 0.2) is 54.1 Å². The standard InChI is InChI=1S/C26H31N3O4/c1-18-4-6-20(7-5-18)24(30)22-23(19-8-10-21(11-9-19)27(2)3)29(26(32)25(22)31)13-12-28-14-16-33-17-15-28/h4-11,23,30H,12-17H2,1-3H3/t23-/m1/s1. The highest BCUT2D eigenvalue weighted by molar-refractivity contribution is 6.46. The lowest BCUT2D eigenvalue weighted by Crippen LogP contribution is -2.42. The number of Topliss-reactive ketones (excluding diaryl/α,β-unsaturated/α-hetero) is 1. The van der Waals surface area contributed by atoms with E-state index in [9.17, 15) is 14.7 Å². The minimum Gasteiger partial charge on any atom is -0.507 e. The lowest BCUT2D eigenvalue weighted by atomic mass is 9.95. The highest BCUT2D eigenvalue weighted by Crippen LogP contribution is 2.39. The smallest absolute Gasteiger partial charge is 0.295 e.